The molecule has 0 atom stereocenters. The van der Waals surface area contributed by atoms with E-state index in [1.165, 1.54) is 27.8 Å². The fourth-order valence-corrected chi connectivity index (χ4v) is 4.41. The van der Waals surface area contributed by atoms with Gasteiger partial charge >= 0.3 is 0 Å². The summed E-state index contributed by atoms with van der Waals surface area (Å²) >= 11 is 0. The van der Waals surface area contributed by atoms with Gasteiger partial charge in [-0.1, -0.05) is 54.1 Å². The van der Waals surface area contributed by atoms with Crippen LogP contribution in [0.25, 0.3) is 17.2 Å². The first kappa shape index (κ1) is 26.4. The highest BCUT2D eigenvalue weighted by atomic mass is 16.5. The molecule has 0 unspecified atom stereocenters. The van der Waals surface area contributed by atoms with Crippen molar-refractivity contribution in [2.45, 2.75) is 27.3 Å². The lowest BCUT2D eigenvalue weighted by atomic mass is 9.92. The Balaban J connectivity index is 2.00. The molecule has 0 saturated heterocycles. The smallest absolute Gasteiger partial charge is 0.189 e. The predicted molar refractivity (Wildman–Crippen MR) is 147 cm³/mol. The topological polar surface area (TPSA) is 32.8 Å². The molecule has 184 valence electrons. The molecule has 0 saturated carbocycles. The van der Waals surface area contributed by atoms with E-state index in [-0.39, 0.29) is 5.78 Å². The number of benzene rings is 3. The molecule has 35 heavy (non-hydrogen) atoms. The zero-order valence-electron chi connectivity index (χ0n) is 22.2. The van der Waals surface area contributed by atoms with Crippen LogP contribution in [0.15, 0.2) is 60.7 Å². The Morgan fingerprint density at radius 1 is 0.886 bits per heavy atom. The van der Waals surface area contributed by atoms with Gasteiger partial charge in [0.15, 0.2) is 5.78 Å². The van der Waals surface area contributed by atoms with Gasteiger partial charge in [-0.3, -0.25) is 4.79 Å². The Kier molecular flexibility index (Phi) is 9.02. The quantitative estimate of drug-likeness (QED) is 0.262. The molecule has 3 aromatic rings. The van der Waals surface area contributed by atoms with Crippen molar-refractivity contribution in [3.05, 3.63) is 94.1 Å². The summed E-state index contributed by atoms with van der Waals surface area (Å²) in [6, 6.07) is 18.5. The van der Waals surface area contributed by atoms with Gasteiger partial charge in [-0.25, -0.2) is 0 Å². The molecule has 0 amide bonds. The van der Waals surface area contributed by atoms with E-state index >= 15 is 0 Å². The normalized spacial score (nSPS) is 11.6. The summed E-state index contributed by atoms with van der Waals surface area (Å²) in [7, 11) is 8.11. The SMILES string of the molecule is Cc1cc(C)c(-c2ccc(OCCN(C)C)c(C(=O)C=Cc3ccccc3CN(C)C)c2)c(C)c1. The van der Waals surface area contributed by atoms with Crippen molar-refractivity contribution in [3.8, 4) is 16.9 Å². The molecule has 0 N–H and O–H groups in total. The van der Waals surface area contributed by atoms with Crippen molar-refractivity contribution in [1.29, 1.82) is 0 Å². The van der Waals surface area contributed by atoms with Crippen molar-refractivity contribution in [2.75, 3.05) is 41.3 Å². The third-order valence-electron chi connectivity index (χ3n) is 5.96. The van der Waals surface area contributed by atoms with Gasteiger partial charge in [-0.2, -0.15) is 0 Å². The molecule has 0 aliphatic heterocycles. The molecular formula is C31H38N2O2. The lowest BCUT2D eigenvalue weighted by Gasteiger charge is -2.16. The molecule has 0 aromatic heterocycles. The van der Waals surface area contributed by atoms with Crippen molar-refractivity contribution in [3.63, 3.8) is 0 Å². The molecule has 3 rings (SSSR count). The number of aryl methyl sites for hydroxylation is 3. The summed E-state index contributed by atoms with van der Waals surface area (Å²) in [5.74, 6) is 0.558. The Labute approximate surface area is 210 Å². The van der Waals surface area contributed by atoms with E-state index in [2.05, 4.69) is 54.8 Å². The van der Waals surface area contributed by atoms with Gasteiger partial charge in [-0.05, 0) is 101 Å². The molecule has 0 aliphatic carbocycles. The molecule has 0 fully saturated rings. The number of carbonyl (C=O) groups is 1. The third-order valence-corrected chi connectivity index (χ3v) is 5.96. The summed E-state index contributed by atoms with van der Waals surface area (Å²) in [6.07, 6.45) is 3.58. The molecule has 0 heterocycles. The maximum Gasteiger partial charge on any atom is 0.189 e. The lowest BCUT2D eigenvalue weighted by molar-refractivity contribution is 0.104. The number of ether oxygens (including phenoxy) is 1. The van der Waals surface area contributed by atoms with Gasteiger partial charge in [0.25, 0.3) is 0 Å². The Bertz CT molecular complexity index is 1190. The number of likely N-dealkylation sites (N-methyl/N-ethyl adjacent to an activating group) is 1. The van der Waals surface area contributed by atoms with Crippen LogP contribution in [0, 0.1) is 20.8 Å². The molecule has 3 aromatic carbocycles. The van der Waals surface area contributed by atoms with Crippen LogP contribution < -0.4 is 4.74 Å². The monoisotopic (exact) mass is 470 g/mol. The second-order valence-corrected chi connectivity index (χ2v) is 9.77. The maximum absolute atomic E-state index is 13.5. The first-order chi connectivity index (χ1) is 16.7. The number of hydrogen-bond donors (Lipinski definition) is 0. The van der Waals surface area contributed by atoms with E-state index < -0.39 is 0 Å². The van der Waals surface area contributed by atoms with Crippen molar-refractivity contribution >= 4 is 11.9 Å². The van der Waals surface area contributed by atoms with Gasteiger partial charge < -0.3 is 14.5 Å². The van der Waals surface area contributed by atoms with E-state index in [1.54, 1.807) is 6.08 Å². The third kappa shape index (κ3) is 7.14. The Morgan fingerprint density at radius 3 is 2.23 bits per heavy atom. The predicted octanol–water partition coefficient (Wildman–Crippen LogP) is 6.18. The standard InChI is InChI=1S/C31H38N2O2/c1-22-18-23(2)31(24(3)19-22)26-13-15-30(35-17-16-32(4)5)28(20-26)29(34)14-12-25-10-8-9-11-27(25)21-33(6)7/h8-15,18-20H,16-17,21H2,1-7H3. The van der Waals surface area contributed by atoms with Crippen molar-refractivity contribution in [2.24, 2.45) is 0 Å². The minimum absolute atomic E-state index is 0.0613. The number of carbonyl (C=O) groups excluding carboxylic acids is 1. The number of allylic oxidation sites excluding steroid dienone is 1. The number of hydrogen-bond acceptors (Lipinski definition) is 4. The van der Waals surface area contributed by atoms with Crippen molar-refractivity contribution < 1.29 is 9.53 Å². The average molecular weight is 471 g/mol. The molecule has 0 bridgehead atoms. The van der Waals surface area contributed by atoms with Crippen LogP contribution in [0.2, 0.25) is 0 Å². The van der Waals surface area contributed by atoms with Gasteiger partial charge in [-0.15, -0.1) is 0 Å². The van der Waals surface area contributed by atoms with Crippen molar-refractivity contribution in [1.82, 2.24) is 9.80 Å². The molecule has 4 nitrogen and oxygen atoms in total. The summed E-state index contributed by atoms with van der Waals surface area (Å²) in [6.45, 7) is 8.47. The van der Waals surface area contributed by atoms with Crippen LogP contribution in [0.1, 0.15) is 38.2 Å². The Hall–Kier alpha value is -3.21. The highest BCUT2D eigenvalue weighted by Gasteiger charge is 2.15. The highest BCUT2D eigenvalue weighted by molar-refractivity contribution is 6.09. The minimum atomic E-state index is -0.0613. The van der Waals surface area contributed by atoms with E-state index in [9.17, 15) is 4.79 Å². The number of nitrogens with zero attached hydrogens (tertiary/aromatic N) is 2. The fraction of sp³-hybridized carbons (Fsp3) is 0.323. The molecule has 0 radical (unpaired) electrons. The second kappa shape index (κ2) is 12.0. The van der Waals surface area contributed by atoms with Crippen LogP contribution in [0.4, 0.5) is 0 Å². The molecular weight excluding hydrogens is 432 g/mol. The first-order valence-electron chi connectivity index (χ1n) is 12.1. The van der Waals surface area contributed by atoms with E-state index in [0.717, 1.165) is 24.2 Å². The molecule has 0 aliphatic rings. The van der Waals surface area contributed by atoms with Crippen LogP contribution in [0.3, 0.4) is 0 Å². The van der Waals surface area contributed by atoms with Crippen LogP contribution in [-0.4, -0.2) is 56.9 Å². The Morgan fingerprint density at radius 2 is 1.57 bits per heavy atom. The van der Waals surface area contributed by atoms with Crippen LogP contribution in [-0.2, 0) is 6.54 Å². The van der Waals surface area contributed by atoms with E-state index in [4.69, 9.17) is 4.74 Å². The van der Waals surface area contributed by atoms with Crippen LogP contribution >= 0.6 is 0 Å². The average Bonchev–Trinajstić information content (AvgIpc) is 2.77. The molecule has 4 heteroatoms. The zero-order valence-corrected chi connectivity index (χ0v) is 22.2. The number of rotatable bonds is 10. The van der Waals surface area contributed by atoms with E-state index in [1.807, 2.05) is 64.6 Å². The maximum atomic E-state index is 13.5. The van der Waals surface area contributed by atoms with Gasteiger partial charge in [0.05, 0.1) is 5.56 Å². The molecule has 0 spiro atoms. The largest absolute Gasteiger partial charge is 0.491 e. The highest BCUT2D eigenvalue weighted by Crippen LogP contribution is 2.32. The minimum Gasteiger partial charge on any atom is -0.491 e. The summed E-state index contributed by atoms with van der Waals surface area (Å²) in [5.41, 5.74) is 8.67. The van der Waals surface area contributed by atoms with Gasteiger partial charge in [0.1, 0.15) is 12.4 Å². The fourth-order valence-electron chi connectivity index (χ4n) is 4.41. The van der Waals surface area contributed by atoms with Gasteiger partial charge in [0.2, 0.25) is 0 Å². The summed E-state index contributed by atoms with van der Waals surface area (Å²) in [5, 5.41) is 0. The lowest BCUT2D eigenvalue weighted by Crippen LogP contribution is -2.20. The summed E-state index contributed by atoms with van der Waals surface area (Å²) in [4.78, 5) is 17.7. The zero-order chi connectivity index (χ0) is 25.5. The van der Waals surface area contributed by atoms with Crippen LogP contribution in [0.5, 0.6) is 5.75 Å². The van der Waals surface area contributed by atoms with Gasteiger partial charge in [0, 0.05) is 13.1 Å². The summed E-state index contributed by atoms with van der Waals surface area (Å²) < 4.78 is 6.06. The number of ketones is 1. The van der Waals surface area contributed by atoms with E-state index in [0.29, 0.717) is 17.9 Å². The first-order valence-corrected chi connectivity index (χ1v) is 12.1. The second-order valence-electron chi connectivity index (χ2n) is 9.77.